The first kappa shape index (κ1) is 19.2. The predicted octanol–water partition coefficient (Wildman–Crippen LogP) is 2.52. The number of amides is 1. The maximum Gasteiger partial charge on any atom is 0.239 e. The first-order valence-electron chi connectivity index (χ1n) is 7.26. The van der Waals surface area contributed by atoms with Crippen LogP contribution in [0.3, 0.4) is 0 Å². The smallest absolute Gasteiger partial charge is 0.239 e. The summed E-state index contributed by atoms with van der Waals surface area (Å²) >= 11 is 10.8. The van der Waals surface area contributed by atoms with Crippen molar-refractivity contribution in [3.05, 3.63) is 59.6 Å². The van der Waals surface area contributed by atoms with Gasteiger partial charge in [-0.3, -0.25) is 15.6 Å². The molecule has 6 nitrogen and oxygen atoms in total. The molecule has 2 aromatic carbocycles. The van der Waals surface area contributed by atoms with E-state index in [9.17, 15) is 13.2 Å². The Morgan fingerprint density at radius 2 is 1.64 bits per heavy atom. The lowest BCUT2D eigenvalue weighted by Gasteiger charge is -2.11. The van der Waals surface area contributed by atoms with Gasteiger partial charge in [0.05, 0.1) is 10.6 Å². The van der Waals surface area contributed by atoms with E-state index in [4.69, 9.17) is 23.8 Å². The highest BCUT2D eigenvalue weighted by atomic mass is 35.5. The van der Waals surface area contributed by atoms with Gasteiger partial charge >= 0.3 is 0 Å². The van der Waals surface area contributed by atoms with E-state index in [0.717, 1.165) is 0 Å². The largest absolute Gasteiger partial charge is 0.331 e. The molecule has 0 aliphatic heterocycles. The number of carbonyl (C=O) groups is 1. The Balaban J connectivity index is 1.77. The van der Waals surface area contributed by atoms with Crippen molar-refractivity contribution in [2.24, 2.45) is 0 Å². The van der Waals surface area contributed by atoms with E-state index in [2.05, 4.69) is 16.2 Å². The lowest BCUT2D eigenvalue weighted by molar-refractivity contribution is -0.121. The van der Waals surface area contributed by atoms with Crippen LogP contribution < -0.4 is 16.2 Å². The summed E-state index contributed by atoms with van der Waals surface area (Å²) in [5.41, 5.74) is 5.57. The van der Waals surface area contributed by atoms with Crippen LogP contribution in [0.15, 0.2) is 59.5 Å². The molecule has 0 aliphatic rings. The first-order valence-corrected chi connectivity index (χ1v) is 9.70. The van der Waals surface area contributed by atoms with E-state index >= 15 is 0 Å². The molecule has 0 saturated carbocycles. The number of rotatable bonds is 5. The van der Waals surface area contributed by atoms with Crippen LogP contribution in [0.4, 0.5) is 5.69 Å². The van der Waals surface area contributed by atoms with Crippen LogP contribution in [0.1, 0.15) is 6.42 Å². The molecule has 0 unspecified atom stereocenters. The van der Waals surface area contributed by atoms with Crippen molar-refractivity contribution >= 4 is 50.4 Å². The number of sulfone groups is 1. The van der Waals surface area contributed by atoms with E-state index in [0.29, 0.717) is 10.7 Å². The molecule has 25 heavy (non-hydrogen) atoms. The Labute approximate surface area is 156 Å². The Hall–Kier alpha value is -2.16. The molecule has 0 aromatic heterocycles. The van der Waals surface area contributed by atoms with Gasteiger partial charge in [-0.25, -0.2) is 8.42 Å². The molecule has 132 valence electrons. The Bertz CT molecular complexity index is 841. The predicted molar refractivity (Wildman–Crippen MR) is 102 cm³/mol. The summed E-state index contributed by atoms with van der Waals surface area (Å²) in [7, 11) is -3.50. The van der Waals surface area contributed by atoms with Crippen LogP contribution >= 0.6 is 23.8 Å². The fourth-order valence-electron chi connectivity index (χ4n) is 1.86. The molecule has 0 fully saturated rings. The Morgan fingerprint density at radius 3 is 2.28 bits per heavy atom. The number of hydrazine groups is 1. The summed E-state index contributed by atoms with van der Waals surface area (Å²) in [6.07, 6.45) is -0.187. The molecular weight excluding hydrogens is 382 g/mol. The zero-order valence-electron chi connectivity index (χ0n) is 13.0. The second-order valence-electron chi connectivity index (χ2n) is 5.02. The van der Waals surface area contributed by atoms with Crippen molar-refractivity contribution < 1.29 is 13.2 Å². The topological polar surface area (TPSA) is 87.3 Å². The highest BCUT2D eigenvalue weighted by molar-refractivity contribution is 7.91. The molecule has 0 spiro atoms. The van der Waals surface area contributed by atoms with Crippen molar-refractivity contribution in [3.8, 4) is 0 Å². The maximum absolute atomic E-state index is 12.1. The van der Waals surface area contributed by atoms with Crippen LogP contribution in [-0.4, -0.2) is 25.2 Å². The summed E-state index contributed by atoms with van der Waals surface area (Å²) in [6, 6.07) is 14.8. The van der Waals surface area contributed by atoms with Gasteiger partial charge in [0.25, 0.3) is 0 Å². The molecule has 1 amide bonds. The van der Waals surface area contributed by atoms with Crippen LogP contribution in [0.2, 0.25) is 5.02 Å². The molecular formula is C16H16ClN3O3S2. The monoisotopic (exact) mass is 397 g/mol. The van der Waals surface area contributed by atoms with Crippen molar-refractivity contribution in [1.29, 1.82) is 0 Å². The van der Waals surface area contributed by atoms with Gasteiger partial charge < -0.3 is 5.32 Å². The second-order valence-corrected chi connectivity index (χ2v) is 7.97. The summed E-state index contributed by atoms with van der Waals surface area (Å²) in [4.78, 5) is 12.0. The highest BCUT2D eigenvalue weighted by Crippen LogP contribution is 2.13. The van der Waals surface area contributed by atoms with Crippen molar-refractivity contribution in [3.63, 3.8) is 0 Å². The third-order valence-electron chi connectivity index (χ3n) is 3.12. The first-order chi connectivity index (χ1) is 11.9. The fraction of sp³-hybridized carbons (Fsp3) is 0.125. The van der Waals surface area contributed by atoms with E-state index in [1.807, 2.05) is 0 Å². The molecule has 0 bridgehead atoms. The zero-order valence-corrected chi connectivity index (χ0v) is 15.4. The highest BCUT2D eigenvalue weighted by Gasteiger charge is 2.16. The number of benzene rings is 2. The minimum atomic E-state index is -3.50. The Morgan fingerprint density at radius 1 is 1.00 bits per heavy atom. The molecule has 0 saturated heterocycles. The summed E-state index contributed by atoms with van der Waals surface area (Å²) in [5.74, 6) is -0.776. The molecule has 9 heteroatoms. The third kappa shape index (κ3) is 6.33. The molecule has 0 radical (unpaired) electrons. The molecule has 2 rings (SSSR count). The maximum atomic E-state index is 12.1. The van der Waals surface area contributed by atoms with Crippen molar-refractivity contribution in [2.75, 3.05) is 11.1 Å². The van der Waals surface area contributed by atoms with Gasteiger partial charge in [0, 0.05) is 17.1 Å². The molecule has 3 N–H and O–H groups in total. The van der Waals surface area contributed by atoms with Gasteiger partial charge in [-0.2, -0.15) is 0 Å². The van der Waals surface area contributed by atoms with E-state index in [-0.39, 0.29) is 22.2 Å². The quantitative estimate of drug-likeness (QED) is 0.531. The molecule has 2 aromatic rings. The lowest BCUT2D eigenvalue weighted by atomic mass is 10.3. The van der Waals surface area contributed by atoms with Gasteiger partial charge in [-0.05, 0) is 48.6 Å². The van der Waals surface area contributed by atoms with Gasteiger partial charge in [0.1, 0.15) is 0 Å². The van der Waals surface area contributed by atoms with Gasteiger partial charge in [0.15, 0.2) is 14.9 Å². The summed E-state index contributed by atoms with van der Waals surface area (Å²) in [5, 5.41) is 3.61. The SMILES string of the molecule is O=C(CCS(=O)(=O)c1ccccc1)NNC(=S)Nc1ccc(Cl)cc1. The third-order valence-corrected chi connectivity index (χ3v) is 5.31. The molecule has 0 atom stereocenters. The standard InChI is InChI=1S/C16H16ClN3O3S2/c17-12-6-8-13(9-7-12)18-16(24)20-19-15(21)10-11-25(22,23)14-4-2-1-3-5-14/h1-9H,10-11H2,(H,19,21)(H2,18,20,24). The number of hydrogen-bond donors (Lipinski definition) is 3. The van der Waals surface area contributed by atoms with Crippen LogP contribution in [0, 0.1) is 0 Å². The van der Waals surface area contributed by atoms with Gasteiger partial charge in [-0.1, -0.05) is 29.8 Å². The second kappa shape index (κ2) is 8.80. The number of halogens is 1. The average molecular weight is 398 g/mol. The normalized spacial score (nSPS) is 10.8. The zero-order chi connectivity index (χ0) is 18.3. The number of anilines is 1. The van der Waals surface area contributed by atoms with Crippen molar-refractivity contribution in [2.45, 2.75) is 11.3 Å². The van der Waals surface area contributed by atoms with E-state index < -0.39 is 15.7 Å². The van der Waals surface area contributed by atoms with Gasteiger partial charge in [0.2, 0.25) is 5.91 Å². The fourth-order valence-corrected chi connectivity index (χ4v) is 3.41. The number of nitrogens with one attached hydrogen (secondary N) is 3. The van der Waals surface area contributed by atoms with Crippen LogP contribution in [0.25, 0.3) is 0 Å². The summed E-state index contributed by atoms with van der Waals surface area (Å²) in [6.45, 7) is 0. The molecule has 0 heterocycles. The minimum Gasteiger partial charge on any atom is -0.331 e. The van der Waals surface area contributed by atoms with Gasteiger partial charge in [-0.15, -0.1) is 0 Å². The van der Waals surface area contributed by atoms with E-state index in [1.165, 1.54) is 12.1 Å². The average Bonchev–Trinajstić information content (AvgIpc) is 2.61. The minimum absolute atomic E-state index is 0.168. The van der Waals surface area contributed by atoms with Crippen LogP contribution in [0.5, 0.6) is 0 Å². The number of thiocarbonyl (C=S) groups is 1. The number of carbonyl (C=O) groups excluding carboxylic acids is 1. The van der Waals surface area contributed by atoms with Crippen molar-refractivity contribution in [1.82, 2.24) is 10.9 Å². The molecule has 0 aliphatic carbocycles. The lowest BCUT2D eigenvalue weighted by Crippen LogP contribution is -2.44. The Kier molecular flexibility index (Phi) is 6.74. The summed E-state index contributed by atoms with van der Waals surface area (Å²) < 4.78 is 24.2. The number of hydrogen-bond acceptors (Lipinski definition) is 4. The van der Waals surface area contributed by atoms with Crippen LogP contribution in [-0.2, 0) is 14.6 Å². The van der Waals surface area contributed by atoms with E-state index in [1.54, 1.807) is 42.5 Å².